The average molecular weight is 572 g/mol. The Kier molecular flexibility index (Phi) is 7.46. The number of benzene rings is 3. The summed E-state index contributed by atoms with van der Waals surface area (Å²) in [4.78, 5) is 0. The summed E-state index contributed by atoms with van der Waals surface area (Å²) in [5, 5.41) is 50.2. The molecule has 2 aliphatic rings. The highest BCUT2D eigenvalue weighted by atomic mass is 19.1. The third kappa shape index (κ3) is 4.16. The van der Waals surface area contributed by atoms with E-state index in [1.165, 1.54) is 18.2 Å². The third-order valence-electron chi connectivity index (χ3n) is 7.74. The Labute approximate surface area is 253 Å². The minimum absolute atomic E-state index is 0.179. The first kappa shape index (κ1) is 28.9. The average Bonchev–Trinajstić information content (AvgIpc) is 3.54. The summed E-state index contributed by atoms with van der Waals surface area (Å²) in [7, 11) is 0. The van der Waals surface area contributed by atoms with Crippen molar-refractivity contribution in [1.82, 2.24) is 0 Å². The fraction of sp³-hybridized carbons (Fsp3) is 0.0541. The normalized spacial score (nSPS) is 14.5. The number of halogens is 2. The van der Waals surface area contributed by atoms with E-state index in [9.17, 15) is 30.7 Å². The standard InChI is InChI=1S/C37H19F2N5/c1-4-8-30(38)28(18-43)21(3)23-9-5-13-27-33(22(16-41)17-42)37-35-25(24-10-7-14-31(39)29(24)19-44)11-6-12-26(35)32(20(2)15-40)36(37)34(23)27/h4-14H,1H2,2-3H3/b28-21+,30-8+,32-20+. The second-order valence-corrected chi connectivity index (χ2v) is 9.93. The quantitative estimate of drug-likeness (QED) is 0.229. The zero-order chi connectivity index (χ0) is 31.7. The van der Waals surface area contributed by atoms with E-state index in [4.69, 9.17) is 0 Å². The monoisotopic (exact) mass is 571 g/mol. The zero-order valence-electron chi connectivity index (χ0n) is 23.5. The van der Waals surface area contributed by atoms with Crippen molar-refractivity contribution < 1.29 is 8.78 Å². The van der Waals surface area contributed by atoms with E-state index in [2.05, 4.69) is 12.6 Å². The van der Waals surface area contributed by atoms with Crippen LogP contribution >= 0.6 is 0 Å². The highest BCUT2D eigenvalue weighted by Gasteiger charge is 2.42. The number of hydrogen-bond donors (Lipinski definition) is 0. The summed E-state index contributed by atoms with van der Waals surface area (Å²) in [5.41, 5.74) is 5.16. The van der Waals surface area contributed by atoms with Crippen molar-refractivity contribution in [2.24, 2.45) is 0 Å². The van der Waals surface area contributed by atoms with Crippen LogP contribution in [0, 0.1) is 62.5 Å². The summed E-state index contributed by atoms with van der Waals surface area (Å²) < 4.78 is 29.9. The van der Waals surface area contributed by atoms with Crippen LogP contribution in [0.2, 0.25) is 0 Å². The van der Waals surface area contributed by atoms with E-state index in [0.29, 0.717) is 72.4 Å². The van der Waals surface area contributed by atoms with Crippen LogP contribution in [0.3, 0.4) is 0 Å². The molecule has 0 amide bonds. The highest BCUT2D eigenvalue weighted by molar-refractivity contribution is 6.39. The van der Waals surface area contributed by atoms with E-state index in [0.717, 1.165) is 6.08 Å². The van der Waals surface area contributed by atoms with Crippen LogP contribution in [0.1, 0.15) is 47.2 Å². The van der Waals surface area contributed by atoms with Gasteiger partial charge in [0.1, 0.15) is 41.5 Å². The summed E-state index contributed by atoms with van der Waals surface area (Å²) in [6.07, 6.45) is 2.32. The van der Waals surface area contributed by atoms with Crippen LogP contribution in [0.5, 0.6) is 0 Å². The van der Waals surface area contributed by atoms with Crippen molar-refractivity contribution >= 4 is 27.9 Å². The fourth-order valence-electron chi connectivity index (χ4n) is 5.96. The first-order chi connectivity index (χ1) is 21.3. The van der Waals surface area contributed by atoms with Gasteiger partial charge in [-0.3, -0.25) is 0 Å². The molecule has 5 nitrogen and oxygen atoms in total. The van der Waals surface area contributed by atoms with Gasteiger partial charge in [0.2, 0.25) is 0 Å². The first-order valence-corrected chi connectivity index (χ1v) is 13.3. The lowest BCUT2D eigenvalue weighted by atomic mass is 9.83. The Morgan fingerprint density at radius 2 is 1.32 bits per heavy atom. The minimum atomic E-state index is -0.786. The number of fused-ring (bicyclic) bond motifs is 4. The van der Waals surface area contributed by atoms with Gasteiger partial charge in [0.25, 0.3) is 0 Å². The van der Waals surface area contributed by atoms with Crippen LogP contribution in [0.15, 0.2) is 95.9 Å². The van der Waals surface area contributed by atoms with E-state index in [1.54, 1.807) is 56.3 Å². The van der Waals surface area contributed by atoms with Crippen molar-refractivity contribution in [2.45, 2.75) is 13.8 Å². The Morgan fingerprint density at radius 3 is 1.93 bits per heavy atom. The molecule has 0 aromatic heterocycles. The van der Waals surface area contributed by atoms with E-state index in [1.807, 2.05) is 24.3 Å². The Hall–Kier alpha value is -6.59. The van der Waals surface area contributed by atoms with Crippen LogP contribution < -0.4 is 0 Å². The predicted molar refractivity (Wildman–Crippen MR) is 164 cm³/mol. The highest BCUT2D eigenvalue weighted by Crippen LogP contribution is 2.62. The maximum absolute atomic E-state index is 15.0. The fourth-order valence-corrected chi connectivity index (χ4v) is 5.96. The number of allylic oxidation sites excluding steroid dienone is 11. The van der Waals surface area contributed by atoms with Crippen molar-refractivity contribution in [1.29, 1.82) is 26.3 Å². The molecule has 0 fully saturated rings. The van der Waals surface area contributed by atoms with Crippen LogP contribution in [-0.2, 0) is 0 Å². The van der Waals surface area contributed by atoms with Gasteiger partial charge in [-0.2, -0.15) is 26.3 Å². The Bertz CT molecular complexity index is 2210. The van der Waals surface area contributed by atoms with Gasteiger partial charge < -0.3 is 0 Å². The second-order valence-electron chi connectivity index (χ2n) is 9.93. The molecule has 0 N–H and O–H groups in total. The number of hydrogen-bond acceptors (Lipinski definition) is 5. The maximum Gasteiger partial charge on any atom is 0.141 e. The zero-order valence-corrected chi connectivity index (χ0v) is 23.5. The molecule has 7 heteroatoms. The smallest absolute Gasteiger partial charge is 0.141 e. The Morgan fingerprint density at radius 1 is 0.727 bits per heavy atom. The molecule has 0 spiro atoms. The van der Waals surface area contributed by atoms with Crippen molar-refractivity contribution in [3.63, 3.8) is 0 Å². The predicted octanol–water partition coefficient (Wildman–Crippen LogP) is 8.74. The largest absolute Gasteiger partial charge is 0.206 e. The molecule has 0 heterocycles. The van der Waals surface area contributed by atoms with Gasteiger partial charge in [0, 0.05) is 33.4 Å². The molecule has 0 atom stereocenters. The van der Waals surface area contributed by atoms with Gasteiger partial charge in [-0.15, -0.1) is 0 Å². The lowest BCUT2D eigenvalue weighted by Crippen LogP contribution is -2.01. The van der Waals surface area contributed by atoms with Gasteiger partial charge in [0.15, 0.2) is 0 Å². The van der Waals surface area contributed by atoms with Crippen LogP contribution in [-0.4, -0.2) is 0 Å². The minimum Gasteiger partial charge on any atom is -0.206 e. The first-order valence-electron chi connectivity index (χ1n) is 13.3. The Balaban J connectivity index is 2.04. The van der Waals surface area contributed by atoms with Crippen molar-refractivity contribution in [3.8, 4) is 41.5 Å². The third-order valence-corrected chi connectivity index (χ3v) is 7.74. The molecule has 2 aliphatic carbocycles. The van der Waals surface area contributed by atoms with Gasteiger partial charge in [-0.25, -0.2) is 8.78 Å². The summed E-state index contributed by atoms with van der Waals surface area (Å²) in [5.74, 6) is -1.49. The van der Waals surface area contributed by atoms with Gasteiger partial charge in [-0.05, 0) is 64.9 Å². The molecule has 0 unspecified atom stereocenters. The lowest BCUT2D eigenvalue weighted by Gasteiger charge is -2.18. The molecule has 3 aromatic rings. The molecule has 3 aromatic carbocycles. The second kappa shape index (κ2) is 11.4. The molecule has 0 saturated carbocycles. The summed E-state index contributed by atoms with van der Waals surface area (Å²) in [6, 6.07) is 24.7. The lowest BCUT2D eigenvalue weighted by molar-refractivity contribution is 0.624. The van der Waals surface area contributed by atoms with E-state index >= 15 is 4.39 Å². The van der Waals surface area contributed by atoms with Crippen molar-refractivity contribution in [3.05, 3.63) is 135 Å². The number of rotatable bonds is 4. The molecule has 206 valence electrons. The number of nitrogens with zero attached hydrogens (tertiary/aromatic N) is 5. The molecule has 44 heavy (non-hydrogen) atoms. The summed E-state index contributed by atoms with van der Waals surface area (Å²) in [6.45, 7) is 6.75. The van der Waals surface area contributed by atoms with Gasteiger partial charge in [-0.1, -0.05) is 61.2 Å². The number of nitriles is 5. The van der Waals surface area contributed by atoms with Crippen molar-refractivity contribution in [2.75, 3.05) is 0 Å². The molecule has 0 bridgehead atoms. The van der Waals surface area contributed by atoms with Gasteiger partial charge >= 0.3 is 0 Å². The SMILES string of the molecule is C=C/C=C(F)\C(C#N)=C(/C)c1cccc2c1C1=C(C2=C(C#N)C#N)c2c(cccc2-c2cccc(F)c2C#N)/C1=C(/C)C#N. The van der Waals surface area contributed by atoms with E-state index in [-0.39, 0.29) is 16.7 Å². The van der Waals surface area contributed by atoms with E-state index < -0.39 is 11.6 Å². The van der Waals surface area contributed by atoms with Crippen LogP contribution in [0.25, 0.3) is 39.0 Å². The molecule has 0 aliphatic heterocycles. The molecule has 0 radical (unpaired) electrons. The molecular weight excluding hydrogens is 552 g/mol. The molecule has 0 saturated heterocycles. The summed E-state index contributed by atoms with van der Waals surface area (Å²) >= 11 is 0. The maximum atomic E-state index is 15.0. The molecule has 5 rings (SSSR count). The van der Waals surface area contributed by atoms with Gasteiger partial charge in [0.05, 0.1) is 17.2 Å². The molecular formula is C37H19F2N5. The van der Waals surface area contributed by atoms with Crippen LogP contribution in [0.4, 0.5) is 8.78 Å². The topological polar surface area (TPSA) is 119 Å².